The van der Waals surface area contributed by atoms with Crippen molar-refractivity contribution in [2.24, 2.45) is 0 Å². The van der Waals surface area contributed by atoms with Gasteiger partial charge in [-0.3, -0.25) is 9.59 Å². The van der Waals surface area contributed by atoms with Crippen molar-refractivity contribution in [2.45, 2.75) is 24.8 Å². The van der Waals surface area contributed by atoms with Crippen molar-refractivity contribution in [3.05, 3.63) is 24.3 Å². The molecule has 0 aliphatic carbocycles. The molecule has 0 aromatic heterocycles. The lowest BCUT2D eigenvalue weighted by molar-refractivity contribution is -0.134. The Balaban J connectivity index is 2.02. The summed E-state index contributed by atoms with van der Waals surface area (Å²) < 4.78 is 27.3. The normalized spacial score (nSPS) is 17.2. The third kappa shape index (κ3) is 5.25. The van der Waals surface area contributed by atoms with Crippen LogP contribution < -0.4 is 10.0 Å². The predicted molar refractivity (Wildman–Crippen MR) is 94.6 cm³/mol. The lowest BCUT2D eigenvalue weighted by Gasteiger charge is -2.34. The molecule has 1 heterocycles. The molecule has 1 aromatic carbocycles. The molecule has 1 saturated heterocycles. The van der Waals surface area contributed by atoms with Gasteiger partial charge in [-0.1, -0.05) is 0 Å². The Morgan fingerprint density at radius 1 is 1.08 bits per heavy atom. The standard InChI is InChI=1S/C16H24N4O4S/c1-12(16(22)20-10-8-19(3)9-11-20)18-25(23,24)15-6-4-14(5-7-15)17-13(2)21/h4-7,12,18H,8-11H2,1-3H3,(H,17,21). The fourth-order valence-electron chi connectivity index (χ4n) is 2.57. The van der Waals surface area contributed by atoms with E-state index in [1.54, 1.807) is 11.8 Å². The van der Waals surface area contributed by atoms with E-state index in [0.717, 1.165) is 13.1 Å². The first-order valence-electron chi connectivity index (χ1n) is 8.06. The smallest absolute Gasteiger partial charge is 0.241 e. The first-order valence-corrected chi connectivity index (χ1v) is 9.54. The van der Waals surface area contributed by atoms with Crippen molar-refractivity contribution >= 4 is 27.5 Å². The SMILES string of the molecule is CC(=O)Nc1ccc(S(=O)(=O)NC(C)C(=O)N2CCN(C)CC2)cc1. The van der Waals surface area contributed by atoms with E-state index >= 15 is 0 Å². The molecule has 0 radical (unpaired) electrons. The van der Waals surface area contributed by atoms with Crippen LogP contribution in [0, 0.1) is 0 Å². The maximum absolute atomic E-state index is 12.4. The van der Waals surface area contributed by atoms with E-state index in [1.807, 2.05) is 7.05 Å². The van der Waals surface area contributed by atoms with Gasteiger partial charge < -0.3 is 15.1 Å². The zero-order chi connectivity index (χ0) is 18.6. The first-order chi connectivity index (χ1) is 11.7. The second-order valence-electron chi connectivity index (χ2n) is 6.18. The van der Waals surface area contributed by atoms with Gasteiger partial charge in [0.2, 0.25) is 21.8 Å². The monoisotopic (exact) mass is 368 g/mol. The van der Waals surface area contributed by atoms with Gasteiger partial charge in [0, 0.05) is 38.8 Å². The third-order valence-corrected chi connectivity index (χ3v) is 5.56. The quantitative estimate of drug-likeness (QED) is 0.767. The van der Waals surface area contributed by atoms with Gasteiger partial charge in [-0.2, -0.15) is 4.72 Å². The highest BCUT2D eigenvalue weighted by atomic mass is 32.2. The number of anilines is 1. The maximum atomic E-state index is 12.4. The number of amides is 2. The van der Waals surface area contributed by atoms with Crippen molar-refractivity contribution in [3.8, 4) is 0 Å². The zero-order valence-corrected chi connectivity index (χ0v) is 15.5. The molecule has 25 heavy (non-hydrogen) atoms. The van der Waals surface area contributed by atoms with Gasteiger partial charge in [-0.15, -0.1) is 0 Å². The summed E-state index contributed by atoms with van der Waals surface area (Å²) in [7, 11) is -1.84. The van der Waals surface area contributed by atoms with Crippen molar-refractivity contribution in [1.29, 1.82) is 0 Å². The van der Waals surface area contributed by atoms with Crippen LogP contribution in [0.5, 0.6) is 0 Å². The molecule has 0 saturated carbocycles. The number of hydrogen-bond donors (Lipinski definition) is 2. The summed E-state index contributed by atoms with van der Waals surface area (Å²) in [5.41, 5.74) is 0.507. The number of rotatable bonds is 5. The Morgan fingerprint density at radius 2 is 1.64 bits per heavy atom. The summed E-state index contributed by atoms with van der Waals surface area (Å²) in [4.78, 5) is 27.3. The van der Waals surface area contributed by atoms with Crippen LogP contribution in [0.25, 0.3) is 0 Å². The van der Waals surface area contributed by atoms with Crippen molar-refractivity contribution in [1.82, 2.24) is 14.5 Å². The van der Waals surface area contributed by atoms with Gasteiger partial charge in [0.15, 0.2) is 0 Å². The maximum Gasteiger partial charge on any atom is 0.241 e. The topological polar surface area (TPSA) is 98.8 Å². The number of piperazine rings is 1. The molecule has 138 valence electrons. The number of nitrogens with zero attached hydrogens (tertiary/aromatic N) is 2. The third-order valence-electron chi connectivity index (χ3n) is 4.00. The molecule has 1 unspecified atom stereocenters. The lowest BCUT2D eigenvalue weighted by Crippen LogP contribution is -2.53. The van der Waals surface area contributed by atoms with Crippen molar-refractivity contribution in [3.63, 3.8) is 0 Å². The fraction of sp³-hybridized carbons (Fsp3) is 0.500. The van der Waals surface area contributed by atoms with Gasteiger partial charge in [0.1, 0.15) is 0 Å². The second-order valence-corrected chi connectivity index (χ2v) is 7.89. The van der Waals surface area contributed by atoms with Gasteiger partial charge in [0.05, 0.1) is 10.9 Å². The molecule has 9 heteroatoms. The van der Waals surface area contributed by atoms with Crippen LogP contribution in [0.4, 0.5) is 5.69 Å². The van der Waals surface area contributed by atoms with Gasteiger partial charge in [-0.25, -0.2) is 8.42 Å². The Kier molecular flexibility index (Phi) is 6.15. The van der Waals surface area contributed by atoms with E-state index in [2.05, 4.69) is 14.9 Å². The number of carbonyl (C=O) groups excluding carboxylic acids is 2. The number of carbonyl (C=O) groups is 2. The molecule has 8 nitrogen and oxygen atoms in total. The highest BCUT2D eigenvalue weighted by Gasteiger charge is 2.27. The summed E-state index contributed by atoms with van der Waals surface area (Å²) in [5, 5.41) is 2.57. The minimum Gasteiger partial charge on any atom is -0.339 e. The van der Waals surface area contributed by atoms with E-state index in [9.17, 15) is 18.0 Å². The van der Waals surface area contributed by atoms with Crippen LogP contribution in [0.3, 0.4) is 0 Å². The van der Waals surface area contributed by atoms with Crippen LogP contribution in [0.1, 0.15) is 13.8 Å². The lowest BCUT2D eigenvalue weighted by atomic mass is 10.2. The number of sulfonamides is 1. The van der Waals surface area contributed by atoms with Crippen LogP contribution in [0.15, 0.2) is 29.2 Å². The summed E-state index contributed by atoms with van der Waals surface area (Å²) >= 11 is 0. The molecule has 1 aliphatic heterocycles. The van der Waals surface area contributed by atoms with Crippen LogP contribution in [-0.4, -0.2) is 69.3 Å². The molecule has 1 aliphatic rings. The summed E-state index contributed by atoms with van der Waals surface area (Å²) in [6.07, 6.45) is 0. The molecule has 1 aromatic rings. The molecule has 2 amide bonds. The Bertz CT molecular complexity index is 725. The minimum absolute atomic E-state index is 0.0413. The van der Waals surface area contributed by atoms with Crippen LogP contribution in [0.2, 0.25) is 0 Å². The highest BCUT2D eigenvalue weighted by molar-refractivity contribution is 7.89. The van der Waals surface area contributed by atoms with E-state index in [4.69, 9.17) is 0 Å². The van der Waals surface area contributed by atoms with Crippen molar-refractivity contribution in [2.75, 3.05) is 38.5 Å². The summed E-state index contributed by atoms with van der Waals surface area (Å²) in [5.74, 6) is -0.466. The molecule has 2 N–H and O–H groups in total. The molecule has 1 atom stereocenters. The van der Waals surface area contributed by atoms with Crippen LogP contribution >= 0.6 is 0 Å². The Morgan fingerprint density at radius 3 is 2.16 bits per heavy atom. The van der Waals surface area contributed by atoms with E-state index in [1.165, 1.54) is 31.2 Å². The molecule has 0 bridgehead atoms. The molecule has 2 rings (SSSR count). The van der Waals surface area contributed by atoms with E-state index in [0.29, 0.717) is 18.8 Å². The molecular weight excluding hydrogens is 344 g/mol. The van der Waals surface area contributed by atoms with Gasteiger partial charge >= 0.3 is 0 Å². The Labute approximate surface area is 148 Å². The summed E-state index contributed by atoms with van der Waals surface area (Å²) in [6, 6.07) is 4.94. The second kappa shape index (κ2) is 7.94. The number of benzene rings is 1. The minimum atomic E-state index is -3.82. The number of nitrogens with one attached hydrogen (secondary N) is 2. The Hall–Kier alpha value is -1.97. The highest BCUT2D eigenvalue weighted by Crippen LogP contribution is 2.15. The van der Waals surface area contributed by atoms with Gasteiger partial charge in [0.25, 0.3) is 0 Å². The number of likely N-dealkylation sites (N-methyl/N-ethyl adjacent to an activating group) is 1. The van der Waals surface area contributed by atoms with Gasteiger partial charge in [-0.05, 0) is 38.2 Å². The fourth-order valence-corrected chi connectivity index (χ4v) is 3.77. The van der Waals surface area contributed by atoms with E-state index in [-0.39, 0.29) is 16.7 Å². The molecule has 1 fully saturated rings. The number of hydrogen-bond acceptors (Lipinski definition) is 5. The average Bonchev–Trinajstić information content (AvgIpc) is 2.54. The average molecular weight is 368 g/mol. The molecule has 0 spiro atoms. The van der Waals surface area contributed by atoms with Crippen LogP contribution in [-0.2, 0) is 19.6 Å². The predicted octanol–water partition coefficient (Wildman–Crippen LogP) is 0.0858. The van der Waals surface area contributed by atoms with Crippen molar-refractivity contribution < 1.29 is 18.0 Å². The summed E-state index contributed by atoms with van der Waals surface area (Å²) in [6.45, 7) is 5.65. The molecular formula is C16H24N4O4S. The van der Waals surface area contributed by atoms with E-state index < -0.39 is 16.1 Å². The largest absolute Gasteiger partial charge is 0.339 e. The first kappa shape index (κ1) is 19.4. The zero-order valence-electron chi connectivity index (χ0n) is 14.7.